The van der Waals surface area contributed by atoms with Crippen molar-refractivity contribution in [3.8, 4) is 0 Å². The van der Waals surface area contributed by atoms with Gasteiger partial charge in [-0.2, -0.15) is 13.2 Å². The summed E-state index contributed by atoms with van der Waals surface area (Å²) in [4.78, 5) is 11.4. The fraction of sp³-hybridized carbons (Fsp3) is 0.211. The number of amides is 1. The van der Waals surface area contributed by atoms with E-state index in [9.17, 15) is 18.0 Å². The topological polar surface area (TPSA) is 41.1 Å². The van der Waals surface area contributed by atoms with Crippen LogP contribution in [0.4, 0.5) is 24.5 Å². The largest absolute Gasteiger partial charge is 0.416 e. The van der Waals surface area contributed by atoms with Crippen LogP contribution in [0.15, 0.2) is 55.1 Å². The Kier molecular flexibility index (Phi) is 4.53. The molecule has 2 aromatic rings. The van der Waals surface area contributed by atoms with E-state index >= 15 is 0 Å². The minimum absolute atomic E-state index is 0.0379. The van der Waals surface area contributed by atoms with E-state index in [1.807, 2.05) is 18.2 Å². The molecular formula is C19H17F3N2O. The van der Waals surface area contributed by atoms with E-state index in [1.165, 1.54) is 18.2 Å². The monoisotopic (exact) mass is 346 g/mol. The maximum Gasteiger partial charge on any atom is 0.416 e. The molecule has 0 bridgehead atoms. The first-order chi connectivity index (χ1) is 11.9. The molecule has 0 saturated carbocycles. The Morgan fingerprint density at radius 3 is 2.44 bits per heavy atom. The molecule has 3 nitrogen and oxygen atoms in total. The molecule has 2 N–H and O–H groups in total. The van der Waals surface area contributed by atoms with Gasteiger partial charge in [-0.05, 0) is 66.4 Å². The third-order valence-electron chi connectivity index (χ3n) is 4.23. The van der Waals surface area contributed by atoms with Crippen LogP contribution in [0.3, 0.4) is 0 Å². The van der Waals surface area contributed by atoms with Crippen molar-refractivity contribution in [3.63, 3.8) is 0 Å². The normalized spacial score (nSPS) is 16.2. The molecule has 0 spiro atoms. The highest BCUT2D eigenvalue weighted by atomic mass is 19.4. The van der Waals surface area contributed by atoms with Gasteiger partial charge in [0.1, 0.15) is 0 Å². The summed E-state index contributed by atoms with van der Waals surface area (Å²) >= 11 is 0. The van der Waals surface area contributed by atoms with Crippen molar-refractivity contribution in [2.75, 3.05) is 10.6 Å². The van der Waals surface area contributed by atoms with E-state index in [1.54, 1.807) is 0 Å². The standard InChI is InChI=1S/C19H17F3N2O/c1-2-18(25)24-15-8-9-16-12(11-15)3-10-17(16)23-14-6-4-13(5-7-14)19(20,21)22/h2,4-9,11,17,23H,1,3,10H2,(H,24,25)/t17-/m1/s1. The quantitative estimate of drug-likeness (QED) is 0.771. The van der Waals surface area contributed by atoms with Crippen LogP contribution in [0.25, 0.3) is 0 Å². The molecule has 0 aliphatic heterocycles. The van der Waals surface area contributed by atoms with Crippen molar-refractivity contribution in [2.45, 2.75) is 25.1 Å². The van der Waals surface area contributed by atoms with Crippen molar-refractivity contribution in [3.05, 3.63) is 71.8 Å². The van der Waals surface area contributed by atoms with Gasteiger partial charge in [-0.3, -0.25) is 4.79 Å². The zero-order valence-corrected chi connectivity index (χ0v) is 13.4. The van der Waals surface area contributed by atoms with E-state index in [4.69, 9.17) is 0 Å². The van der Waals surface area contributed by atoms with E-state index in [0.29, 0.717) is 11.4 Å². The van der Waals surface area contributed by atoms with E-state index < -0.39 is 11.7 Å². The van der Waals surface area contributed by atoms with Gasteiger partial charge in [-0.1, -0.05) is 12.6 Å². The fourth-order valence-electron chi connectivity index (χ4n) is 3.00. The van der Waals surface area contributed by atoms with E-state index in [2.05, 4.69) is 17.2 Å². The number of rotatable bonds is 4. The van der Waals surface area contributed by atoms with Gasteiger partial charge >= 0.3 is 6.18 Å². The van der Waals surface area contributed by atoms with Gasteiger partial charge in [-0.15, -0.1) is 0 Å². The molecule has 0 fully saturated rings. The van der Waals surface area contributed by atoms with Gasteiger partial charge in [0.05, 0.1) is 11.6 Å². The van der Waals surface area contributed by atoms with Crippen molar-refractivity contribution >= 4 is 17.3 Å². The third-order valence-corrected chi connectivity index (χ3v) is 4.23. The van der Waals surface area contributed by atoms with Crippen LogP contribution in [0.1, 0.15) is 29.2 Å². The molecule has 2 aromatic carbocycles. The number of fused-ring (bicyclic) bond motifs is 1. The number of alkyl halides is 3. The summed E-state index contributed by atoms with van der Waals surface area (Å²) in [7, 11) is 0. The number of benzene rings is 2. The number of nitrogens with one attached hydrogen (secondary N) is 2. The Hall–Kier alpha value is -2.76. The van der Waals surface area contributed by atoms with Gasteiger partial charge in [0.15, 0.2) is 0 Å². The summed E-state index contributed by atoms with van der Waals surface area (Å²) in [6, 6.07) is 10.7. The fourth-order valence-corrected chi connectivity index (χ4v) is 3.00. The molecule has 1 aliphatic carbocycles. The maximum absolute atomic E-state index is 12.6. The van der Waals surface area contributed by atoms with Crippen LogP contribution in [-0.4, -0.2) is 5.91 Å². The Morgan fingerprint density at radius 1 is 1.12 bits per heavy atom. The number of hydrogen-bond donors (Lipinski definition) is 2. The Labute approximate surface area is 143 Å². The molecule has 3 rings (SSSR count). The Balaban J connectivity index is 1.72. The van der Waals surface area contributed by atoms with Gasteiger partial charge < -0.3 is 10.6 Å². The second-order valence-corrected chi connectivity index (χ2v) is 5.92. The van der Waals surface area contributed by atoms with Crippen molar-refractivity contribution < 1.29 is 18.0 Å². The van der Waals surface area contributed by atoms with Crippen LogP contribution in [0.2, 0.25) is 0 Å². The molecule has 1 aliphatic rings. The van der Waals surface area contributed by atoms with Crippen molar-refractivity contribution in [1.29, 1.82) is 0 Å². The smallest absolute Gasteiger partial charge is 0.378 e. The van der Waals surface area contributed by atoms with Crippen LogP contribution in [-0.2, 0) is 17.4 Å². The average Bonchev–Trinajstić information content (AvgIpc) is 2.96. The summed E-state index contributed by atoms with van der Waals surface area (Å²) in [5.74, 6) is -0.266. The summed E-state index contributed by atoms with van der Waals surface area (Å²) in [5.41, 5.74) is 2.91. The molecule has 25 heavy (non-hydrogen) atoms. The number of hydrogen-bond acceptors (Lipinski definition) is 2. The molecule has 0 heterocycles. The molecule has 6 heteroatoms. The summed E-state index contributed by atoms with van der Waals surface area (Å²) < 4.78 is 37.9. The zero-order chi connectivity index (χ0) is 18.0. The predicted octanol–water partition coefficient (Wildman–Crippen LogP) is 4.93. The van der Waals surface area contributed by atoms with Gasteiger partial charge in [0.25, 0.3) is 0 Å². The average molecular weight is 346 g/mol. The number of aryl methyl sites for hydroxylation is 1. The SMILES string of the molecule is C=CC(=O)Nc1ccc2c(c1)CC[C@H]2Nc1ccc(C(F)(F)F)cc1. The lowest BCUT2D eigenvalue weighted by Crippen LogP contribution is -2.09. The van der Waals surface area contributed by atoms with Crippen molar-refractivity contribution in [2.24, 2.45) is 0 Å². The van der Waals surface area contributed by atoms with Crippen LogP contribution in [0.5, 0.6) is 0 Å². The molecule has 1 atom stereocenters. The predicted molar refractivity (Wildman–Crippen MR) is 91.4 cm³/mol. The first kappa shape index (κ1) is 17.1. The molecule has 0 aromatic heterocycles. The van der Waals surface area contributed by atoms with E-state index in [0.717, 1.165) is 36.1 Å². The highest BCUT2D eigenvalue weighted by molar-refractivity contribution is 5.98. The van der Waals surface area contributed by atoms with Crippen LogP contribution < -0.4 is 10.6 Å². The van der Waals surface area contributed by atoms with Gasteiger partial charge in [-0.25, -0.2) is 0 Å². The molecular weight excluding hydrogens is 329 g/mol. The highest BCUT2D eigenvalue weighted by Gasteiger charge is 2.30. The van der Waals surface area contributed by atoms with Gasteiger partial charge in [0, 0.05) is 11.4 Å². The highest BCUT2D eigenvalue weighted by Crippen LogP contribution is 2.36. The Bertz CT molecular complexity index is 797. The molecule has 130 valence electrons. The maximum atomic E-state index is 12.6. The minimum Gasteiger partial charge on any atom is -0.378 e. The van der Waals surface area contributed by atoms with Crippen LogP contribution >= 0.6 is 0 Å². The van der Waals surface area contributed by atoms with E-state index in [-0.39, 0.29) is 11.9 Å². The number of halogens is 3. The molecule has 0 radical (unpaired) electrons. The molecule has 0 unspecified atom stereocenters. The Morgan fingerprint density at radius 2 is 1.80 bits per heavy atom. The molecule has 0 saturated heterocycles. The lowest BCUT2D eigenvalue weighted by Gasteiger charge is -2.17. The number of carbonyl (C=O) groups is 1. The summed E-state index contributed by atoms with van der Waals surface area (Å²) in [6.07, 6.45) is -1.44. The summed E-state index contributed by atoms with van der Waals surface area (Å²) in [5, 5.41) is 6.00. The second kappa shape index (κ2) is 6.63. The number of anilines is 2. The number of carbonyl (C=O) groups excluding carboxylic acids is 1. The van der Waals surface area contributed by atoms with Crippen LogP contribution in [0, 0.1) is 0 Å². The second-order valence-electron chi connectivity index (χ2n) is 5.92. The lowest BCUT2D eigenvalue weighted by molar-refractivity contribution is -0.137. The third kappa shape index (κ3) is 3.84. The molecule has 1 amide bonds. The summed E-state index contributed by atoms with van der Waals surface area (Å²) in [6.45, 7) is 3.42. The lowest BCUT2D eigenvalue weighted by atomic mass is 10.1. The zero-order valence-electron chi connectivity index (χ0n) is 13.4. The first-order valence-electron chi connectivity index (χ1n) is 7.87. The van der Waals surface area contributed by atoms with Gasteiger partial charge in [0.2, 0.25) is 5.91 Å². The van der Waals surface area contributed by atoms with Crippen molar-refractivity contribution in [1.82, 2.24) is 0 Å². The first-order valence-corrected chi connectivity index (χ1v) is 7.87. The minimum atomic E-state index is -4.33.